The number of aryl methyl sites for hydroxylation is 1. The van der Waals surface area contributed by atoms with Gasteiger partial charge in [-0.3, -0.25) is 0 Å². The van der Waals surface area contributed by atoms with Crippen molar-refractivity contribution < 1.29 is 9.90 Å². The van der Waals surface area contributed by atoms with Crippen LogP contribution in [-0.4, -0.2) is 38.6 Å². The fourth-order valence-corrected chi connectivity index (χ4v) is 3.98. The minimum Gasteiger partial charge on any atom is -0.396 e. The summed E-state index contributed by atoms with van der Waals surface area (Å²) in [5, 5.41) is 23.7. The quantitative estimate of drug-likeness (QED) is 0.738. The number of amides is 2. The Hall–Kier alpha value is -1.63. The lowest BCUT2D eigenvalue weighted by Crippen LogP contribution is -2.46. The first-order valence-electron chi connectivity index (χ1n) is 9.34. The SMILES string of the molecule is O=C(NCc1nnc2n1CCCC2)N[C@@H](CCO)C1CCCCC1. The molecule has 7 nitrogen and oxygen atoms in total. The van der Waals surface area contributed by atoms with E-state index in [1.807, 2.05) is 0 Å². The van der Waals surface area contributed by atoms with Crippen LogP contribution >= 0.6 is 0 Å². The second-order valence-corrected chi connectivity index (χ2v) is 6.99. The number of nitrogens with one attached hydrogen (secondary N) is 2. The first kappa shape index (κ1) is 17.2. The third kappa shape index (κ3) is 4.26. The van der Waals surface area contributed by atoms with Crippen LogP contribution < -0.4 is 10.6 Å². The van der Waals surface area contributed by atoms with Crippen LogP contribution in [0.5, 0.6) is 0 Å². The van der Waals surface area contributed by atoms with Crippen molar-refractivity contribution in [1.29, 1.82) is 0 Å². The number of fused-ring (bicyclic) bond motifs is 1. The van der Waals surface area contributed by atoms with Crippen LogP contribution in [0.15, 0.2) is 0 Å². The van der Waals surface area contributed by atoms with Crippen molar-refractivity contribution in [2.24, 2.45) is 5.92 Å². The van der Waals surface area contributed by atoms with Gasteiger partial charge in [0.1, 0.15) is 5.82 Å². The Morgan fingerprint density at radius 3 is 2.83 bits per heavy atom. The van der Waals surface area contributed by atoms with Crippen molar-refractivity contribution in [3.63, 3.8) is 0 Å². The lowest BCUT2D eigenvalue weighted by molar-refractivity contribution is 0.196. The molecule has 24 heavy (non-hydrogen) atoms. The van der Waals surface area contributed by atoms with Crippen LogP contribution in [0, 0.1) is 5.92 Å². The van der Waals surface area contributed by atoms with Gasteiger partial charge in [0.05, 0.1) is 6.54 Å². The summed E-state index contributed by atoms with van der Waals surface area (Å²) in [7, 11) is 0. The molecule has 1 aliphatic heterocycles. The Balaban J connectivity index is 1.51. The molecule has 0 bridgehead atoms. The highest BCUT2D eigenvalue weighted by Crippen LogP contribution is 2.27. The Bertz CT molecular complexity index is 539. The number of aliphatic hydroxyl groups excluding tert-OH is 1. The van der Waals surface area contributed by atoms with Crippen molar-refractivity contribution in [3.05, 3.63) is 11.6 Å². The lowest BCUT2D eigenvalue weighted by Gasteiger charge is -2.30. The van der Waals surface area contributed by atoms with Gasteiger partial charge in [0.15, 0.2) is 5.82 Å². The molecule has 1 saturated carbocycles. The molecule has 7 heteroatoms. The largest absolute Gasteiger partial charge is 0.396 e. The maximum atomic E-state index is 12.3. The zero-order valence-corrected chi connectivity index (χ0v) is 14.3. The molecule has 1 aromatic rings. The molecule has 0 unspecified atom stereocenters. The fraction of sp³-hybridized carbons (Fsp3) is 0.824. The maximum absolute atomic E-state index is 12.3. The minimum atomic E-state index is -0.174. The van der Waals surface area contributed by atoms with Gasteiger partial charge in [0.25, 0.3) is 0 Å². The third-order valence-electron chi connectivity index (χ3n) is 5.32. The average Bonchev–Trinajstić information content (AvgIpc) is 3.04. The van der Waals surface area contributed by atoms with Gasteiger partial charge < -0.3 is 20.3 Å². The van der Waals surface area contributed by atoms with Crippen LogP contribution in [0.25, 0.3) is 0 Å². The van der Waals surface area contributed by atoms with Crippen LogP contribution in [0.3, 0.4) is 0 Å². The lowest BCUT2D eigenvalue weighted by atomic mass is 9.83. The van der Waals surface area contributed by atoms with Gasteiger partial charge in [-0.05, 0) is 38.0 Å². The van der Waals surface area contributed by atoms with E-state index in [0.29, 0.717) is 18.9 Å². The van der Waals surface area contributed by atoms with Crippen molar-refractivity contribution in [2.45, 2.75) is 76.9 Å². The highest BCUT2D eigenvalue weighted by molar-refractivity contribution is 5.74. The number of aliphatic hydroxyl groups is 1. The first-order valence-corrected chi connectivity index (χ1v) is 9.34. The van der Waals surface area contributed by atoms with E-state index in [-0.39, 0.29) is 18.7 Å². The molecule has 2 amide bonds. The monoisotopic (exact) mass is 335 g/mol. The predicted molar refractivity (Wildman–Crippen MR) is 90.4 cm³/mol. The smallest absolute Gasteiger partial charge is 0.315 e. The van der Waals surface area contributed by atoms with E-state index >= 15 is 0 Å². The number of aromatic nitrogens is 3. The second-order valence-electron chi connectivity index (χ2n) is 6.99. The van der Waals surface area contributed by atoms with E-state index in [0.717, 1.165) is 50.3 Å². The third-order valence-corrected chi connectivity index (χ3v) is 5.32. The molecule has 0 aromatic carbocycles. The van der Waals surface area contributed by atoms with Crippen LogP contribution in [0.1, 0.15) is 63.0 Å². The summed E-state index contributed by atoms with van der Waals surface area (Å²) in [6.07, 6.45) is 9.92. The van der Waals surface area contributed by atoms with E-state index in [2.05, 4.69) is 25.4 Å². The van der Waals surface area contributed by atoms with E-state index in [9.17, 15) is 9.90 Å². The highest BCUT2D eigenvalue weighted by atomic mass is 16.3. The van der Waals surface area contributed by atoms with Crippen LogP contribution in [0.2, 0.25) is 0 Å². The molecular weight excluding hydrogens is 306 g/mol. The summed E-state index contributed by atoms with van der Waals surface area (Å²) in [5.74, 6) is 2.34. The molecule has 134 valence electrons. The summed E-state index contributed by atoms with van der Waals surface area (Å²) < 4.78 is 2.12. The van der Waals surface area contributed by atoms with Gasteiger partial charge in [-0.15, -0.1) is 10.2 Å². The maximum Gasteiger partial charge on any atom is 0.315 e. The molecule has 3 N–H and O–H groups in total. The number of hydrogen-bond donors (Lipinski definition) is 3. The molecule has 2 aliphatic rings. The first-order chi connectivity index (χ1) is 11.8. The standard InChI is InChI=1S/C17H29N5O2/c23-11-9-14(13-6-2-1-3-7-13)19-17(24)18-12-16-21-20-15-8-4-5-10-22(15)16/h13-14,23H,1-12H2,(H2,18,19,24)/t14-/m0/s1. The van der Waals surface area contributed by atoms with Gasteiger partial charge >= 0.3 is 6.03 Å². The number of nitrogens with zero attached hydrogens (tertiary/aromatic N) is 3. The van der Waals surface area contributed by atoms with Gasteiger partial charge in [-0.1, -0.05) is 19.3 Å². The Kier molecular flexibility index (Phi) is 6.07. The van der Waals surface area contributed by atoms with Crippen molar-refractivity contribution in [3.8, 4) is 0 Å². The van der Waals surface area contributed by atoms with E-state index in [1.54, 1.807) is 0 Å². The van der Waals surface area contributed by atoms with E-state index in [4.69, 9.17) is 0 Å². The molecule has 0 radical (unpaired) electrons. The molecule has 1 fully saturated rings. The number of carbonyl (C=O) groups excluding carboxylic acids is 1. The molecule has 1 aliphatic carbocycles. The summed E-state index contributed by atoms with van der Waals surface area (Å²) in [5.41, 5.74) is 0. The van der Waals surface area contributed by atoms with Crippen LogP contribution in [0.4, 0.5) is 4.79 Å². The minimum absolute atomic E-state index is 0.0580. The van der Waals surface area contributed by atoms with Crippen molar-refractivity contribution >= 4 is 6.03 Å². The second kappa shape index (κ2) is 8.46. The zero-order valence-electron chi connectivity index (χ0n) is 14.3. The Labute approximate surface area is 143 Å². The van der Waals surface area contributed by atoms with Gasteiger partial charge in [-0.25, -0.2) is 4.79 Å². The van der Waals surface area contributed by atoms with Crippen molar-refractivity contribution in [1.82, 2.24) is 25.4 Å². The number of hydrogen-bond acceptors (Lipinski definition) is 4. The van der Waals surface area contributed by atoms with Gasteiger partial charge in [0, 0.05) is 25.6 Å². The predicted octanol–water partition coefficient (Wildman–Crippen LogP) is 1.74. The molecule has 3 rings (SSSR count). The van der Waals surface area contributed by atoms with E-state index < -0.39 is 0 Å². The van der Waals surface area contributed by atoms with Gasteiger partial charge in [0.2, 0.25) is 0 Å². The number of rotatable bonds is 6. The molecule has 2 heterocycles. The summed E-state index contributed by atoms with van der Waals surface area (Å²) in [4.78, 5) is 12.3. The highest BCUT2D eigenvalue weighted by Gasteiger charge is 2.25. The van der Waals surface area contributed by atoms with Crippen molar-refractivity contribution in [2.75, 3.05) is 6.61 Å². The van der Waals surface area contributed by atoms with Gasteiger partial charge in [-0.2, -0.15) is 0 Å². The Morgan fingerprint density at radius 2 is 2.04 bits per heavy atom. The molecule has 0 spiro atoms. The summed E-state index contributed by atoms with van der Waals surface area (Å²) in [6, 6.07) is -0.116. The molecule has 1 aromatic heterocycles. The zero-order chi connectivity index (χ0) is 16.8. The topological polar surface area (TPSA) is 92.1 Å². The number of carbonyl (C=O) groups is 1. The molecule has 0 saturated heterocycles. The van der Waals surface area contributed by atoms with E-state index in [1.165, 1.54) is 19.3 Å². The average molecular weight is 335 g/mol. The van der Waals surface area contributed by atoms with Crippen LogP contribution in [-0.2, 0) is 19.5 Å². The summed E-state index contributed by atoms with van der Waals surface area (Å²) >= 11 is 0. The summed E-state index contributed by atoms with van der Waals surface area (Å²) in [6.45, 7) is 1.45. The molecule has 1 atom stereocenters. The normalized spacial score (nSPS) is 19.5. The fourth-order valence-electron chi connectivity index (χ4n) is 3.98. The Morgan fingerprint density at radius 1 is 1.21 bits per heavy atom. The number of urea groups is 1. The molecular formula is C17H29N5O2.